The van der Waals surface area contributed by atoms with E-state index in [1.54, 1.807) is 0 Å². The van der Waals surface area contributed by atoms with Crippen LogP contribution >= 0.6 is 0 Å². The highest BCUT2D eigenvalue weighted by Crippen LogP contribution is 2.34. The lowest BCUT2D eigenvalue weighted by molar-refractivity contribution is -0.633. The zero-order chi connectivity index (χ0) is 20.6. The van der Waals surface area contributed by atoms with Crippen LogP contribution in [0.25, 0.3) is 38.9 Å². The number of aromatic nitrogens is 2. The van der Waals surface area contributed by atoms with Gasteiger partial charge in [0.2, 0.25) is 0 Å². The molecule has 2 nitrogen and oxygen atoms in total. The van der Waals surface area contributed by atoms with Crippen molar-refractivity contribution in [3.63, 3.8) is 0 Å². The Bertz CT molecular complexity index is 1490. The number of fused-ring (bicyclic) bond motifs is 8. The number of benzene rings is 4. The maximum atomic E-state index is 9.04. The van der Waals surface area contributed by atoms with Crippen molar-refractivity contribution in [3.05, 3.63) is 95.6 Å². The van der Waals surface area contributed by atoms with Crippen molar-refractivity contribution in [1.82, 2.24) is 4.57 Å². The second-order valence-corrected chi connectivity index (χ2v) is 7.58. The van der Waals surface area contributed by atoms with Gasteiger partial charge in [0, 0.05) is 2.74 Å². The van der Waals surface area contributed by atoms with Crippen molar-refractivity contribution in [2.75, 3.05) is 0 Å². The van der Waals surface area contributed by atoms with Crippen LogP contribution in [0.15, 0.2) is 78.9 Å². The van der Waals surface area contributed by atoms with Crippen LogP contribution in [0.2, 0.25) is 0 Å². The zero-order valence-corrected chi connectivity index (χ0v) is 15.9. The Kier molecular flexibility index (Phi) is 2.72. The first kappa shape index (κ1) is 13.7. The summed E-state index contributed by atoms with van der Waals surface area (Å²) in [6.07, 6.45) is -1.59. The molecule has 2 heteroatoms. The molecule has 0 N–H and O–H groups in total. The average Bonchev–Trinajstić information content (AvgIpc) is 3.05. The molecular formula is C26H21N2+. The molecule has 6 rings (SSSR count). The van der Waals surface area contributed by atoms with Crippen LogP contribution in [0.1, 0.15) is 19.4 Å². The standard InChI is InChI=1S/C26H21N2/c1-17-13-19-8-6-9-20-14-18-7-5-10-21(15-18)28-25-12-4-3-11-24(25)27(2)26(28)22(17)16-23(19)20/h3-13,15-16H,14H2,1-2H3/q+1/i14D2. The monoisotopic (exact) mass is 363 g/mol. The lowest BCUT2D eigenvalue weighted by Crippen LogP contribution is -2.30. The van der Waals surface area contributed by atoms with Crippen molar-refractivity contribution >= 4 is 21.8 Å². The third-order valence-corrected chi connectivity index (χ3v) is 5.86. The minimum atomic E-state index is -1.59. The van der Waals surface area contributed by atoms with Gasteiger partial charge in [0.05, 0.1) is 12.6 Å². The molecule has 4 aromatic carbocycles. The fourth-order valence-corrected chi connectivity index (χ4v) is 4.54. The average molecular weight is 363 g/mol. The summed E-state index contributed by atoms with van der Waals surface area (Å²) in [7, 11) is 2.11. The molecule has 1 aliphatic heterocycles. The van der Waals surface area contributed by atoms with Crippen molar-refractivity contribution < 1.29 is 7.31 Å². The van der Waals surface area contributed by atoms with Gasteiger partial charge in [-0.25, -0.2) is 4.57 Å². The summed E-state index contributed by atoms with van der Waals surface area (Å²) in [4.78, 5) is 0. The summed E-state index contributed by atoms with van der Waals surface area (Å²) >= 11 is 0. The first-order valence-corrected chi connectivity index (χ1v) is 9.61. The zero-order valence-electron chi connectivity index (χ0n) is 17.9. The van der Waals surface area contributed by atoms with Crippen LogP contribution in [0, 0.1) is 6.92 Å². The van der Waals surface area contributed by atoms with Crippen molar-refractivity contribution in [1.29, 1.82) is 0 Å². The number of rotatable bonds is 0. The maximum Gasteiger partial charge on any atom is 0.295 e. The third kappa shape index (κ3) is 2.06. The molecule has 0 fully saturated rings. The molecule has 0 saturated heterocycles. The summed E-state index contributed by atoms with van der Waals surface area (Å²) in [5.41, 5.74) is 6.91. The fourth-order valence-electron chi connectivity index (χ4n) is 4.54. The van der Waals surface area contributed by atoms with E-state index in [4.69, 9.17) is 2.74 Å². The Morgan fingerprint density at radius 3 is 2.71 bits per heavy atom. The Morgan fingerprint density at radius 2 is 1.79 bits per heavy atom. The number of para-hydroxylation sites is 2. The SMILES string of the molecule is [2H]C1([2H])c2cccc(c2)-n2c([n+](C)c3ccccc32)-c2cc3c1cccc3cc2C. The van der Waals surface area contributed by atoms with Gasteiger partial charge in [0.15, 0.2) is 11.0 Å². The minimum absolute atomic E-state index is 0.669. The molecule has 0 saturated carbocycles. The number of imidazole rings is 1. The minimum Gasteiger partial charge on any atom is -0.225 e. The summed E-state index contributed by atoms with van der Waals surface area (Å²) < 4.78 is 22.6. The van der Waals surface area contributed by atoms with Crippen LogP contribution in [0.5, 0.6) is 0 Å². The summed E-state index contributed by atoms with van der Waals surface area (Å²) in [6.45, 7) is 2.14. The Morgan fingerprint density at radius 1 is 0.929 bits per heavy atom. The highest BCUT2D eigenvalue weighted by molar-refractivity contribution is 5.92. The van der Waals surface area contributed by atoms with Gasteiger partial charge in [-0.2, -0.15) is 4.57 Å². The Labute approximate surface area is 167 Å². The van der Waals surface area contributed by atoms with Crippen LogP contribution in [0.3, 0.4) is 0 Å². The van der Waals surface area contributed by atoms with E-state index in [2.05, 4.69) is 71.6 Å². The maximum absolute atomic E-state index is 9.04. The summed E-state index contributed by atoms with van der Waals surface area (Å²) in [5, 5.41) is 2.03. The second-order valence-electron chi connectivity index (χ2n) is 7.58. The normalized spacial score (nSPS) is 15.4. The number of hydrogen-bond donors (Lipinski definition) is 0. The van der Waals surface area contributed by atoms with Gasteiger partial charge < -0.3 is 0 Å². The van der Waals surface area contributed by atoms with E-state index in [0.717, 1.165) is 38.9 Å². The van der Waals surface area contributed by atoms with Gasteiger partial charge in [0.1, 0.15) is 5.69 Å². The van der Waals surface area contributed by atoms with E-state index in [1.807, 2.05) is 30.3 Å². The van der Waals surface area contributed by atoms with E-state index in [-0.39, 0.29) is 0 Å². The predicted molar refractivity (Wildman–Crippen MR) is 115 cm³/mol. The highest BCUT2D eigenvalue weighted by Gasteiger charge is 2.28. The van der Waals surface area contributed by atoms with E-state index < -0.39 is 6.37 Å². The topological polar surface area (TPSA) is 8.81 Å². The van der Waals surface area contributed by atoms with E-state index in [1.165, 1.54) is 5.56 Å². The van der Waals surface area contributed by atoms with Crippen LogP contribution in [0.4, 0.5) is 0 Å². The third-order valence-electron chi connectivity index (χ3n) is 5.86. The molecular weight excluding hydrogens is 340 g/mol. The van der Waals surface area contributed by atoms with Gasteiger partial charge >= 0.3 is 0 Å². The van der Waals surface area contributed by atoms with E-state index in [0.29, 0.717) is 11.1 Å². The summed E-state index contributed by atoms with van der Waals surface area (Å²) in [6, 6.07) is 26.6. The molecule has 134 valence electrons. The van der Waals surface area contributed by atoms with Gasteiger partial charge in [-0.05, 0) is 71.1 Å². The lowest BCUT2D eigenvalue weighted by atomic mass is 9.93. The number of hydrogen-bond acceptors (Lipinski definition) is 0. The molecule has 0 aliphatic carbocycles. The van der Waals surface area contributed by atoms with Gasteiger partial charge in [-0.1, -0.05) is 48.5 Å². The van der Waals surface area contributed by atoms with Crippen molar-refractivity contribution in [2.24, 2.45) is 7.05 Å². The Hall–Kier alpha value is -3.39. The molecule has 1 aromatic heterocycles. The molecule has 0 spiro atoms. The number of nitrogens with zero attached hydrogens (tertiary/aromatic N) is 2. The Balaban J connectivity index is 1.91. The first-order chi connectivity index (χ1) is 14.5. The van der Waals surface area contributed by atoms with E-state index >= 15 is 0 Å². The van der Waals surface area contributed by atoms with Gasteiger partial charge in [-0.15, -0.1) is 0 Å². The van der Waals surface area contributed by atoms with Crippen LogP contribution in [-0.4, -0.2) is 4.57 Å². The highest BCUT2D eigenvalue weighted by atomic mass is 15.2. The van der Waals surface area contributed by atoms with Gasteiger partial charge in [-0.3, -0.25) is 0 Å². The van der Waals surface area contributed by atoms with Crippen LogP contribution in [-0.2, 0) is 13.4 Å². The second kappa shape index (κ2) is 5.56. The van der Waals surface area contributed by atoms with Gasteiger partial charge in [0.25, 0.3) is 5.82 Å². The molecule has 0 radical (unpaired) electrons. The smallest absolute Gasteiger partial charge is 0.225 e. The molecule has 0 unspecified atom stereocenters. The van der Waals surface area contributed by atoms with Crippen molar-refractivity contribution in [3.8, 4) is 17.1 Å². The summed E-state index contributed by atoms with van der Waals surface area (Å²) in [5.74, 6) is 1.10. The molecule has 0 amide bonds. The molecule has 5 aromatic rings. The lowest BCUT2D eigenvalue weighted by Gasteiger charge is -2.14. The fraction of sp³-hybridized carbons (Fsp3) is 0.115. The predicted octanol–water partition coefficient (Wildman–Crippen LogP) is 5.49. The van der Waals surface area contributed by atoms with Crippen LogP contribution < -0.4 is 4.57 Å². The molecule has 0 atom stereocenters. The molecule has 28 heavy (non-hydrogen) atoms. The van der Waals surface area contributed by atoms with E-state index in [9.17, 15) is 0 Å². The number of aryl methyl sites for hydroxylation is 2. The molecule has 4 bridgehead atoms. The molecule has 1 aliphatic rings. The molecule has 2 heterocycles. The quantitative estimate of drug-likeness (QED) is 0.322. The first-order valence-electron chi connectivity index (χ1n) is 10.6. The van der Waals surface area contributed by atoms with Crippen molar-refractivity contribution in [2.45, 2.75) is 13.3 Å². The largest absolute Gasteiger partial charge is 0.295 e.